The van der Waals surface area contributed by atoms with Gasteiger partial charge in [-0.05, 0) is 60.7 Å². The first kappa shape index (κ1) is 21.0. The molecule has 0 aliphatic carbocycles. The van der Waals surface area contributed by atoms with Crippen molar-refractivity contribution >= 4 is 35.7 Å². The largest absolute Gasteiger partial charge is 0.384 e. The average molecular weight is 431 g/mol. The molecule has 0 saturated carbocycles. The van der Waals surface area contributed by atoms with Crippen molar-refractivity contribution in [1.82, 2.24) is 0 Å². The van der Waals surface area contributed by atoms with Gasteiger partial charge in [-0.15, -0.1) is 12.6 Å². The van der Waals surface area contributed by atoms with Crippen LogP contribution in [0.1, 0.15) is 24.8 Å². The molecule has 3 aromatic carbocycles. The number of nitrogens with zero attached hydrogens (tertiary/aromatic N) is 1. The van der Waals surface area contributed by atoms with Crippen LogP contribution < -0.4 is 16.0 Å². The fourth-order valence-electron chi connectivity index (χ4n) is 4.04. The molecule has 6 heteroatoms. The summed E-state index contributed by atoms with van der Waals surface area (Å²) in [6.07, 6.45) is 2.84. The van der Waals surface area contributed by atoms with Crippen molar-refractivity contribution in [3.63, 3.8) is 0 Å². The molecule has 1 amide bonds. The molecule has 0 spiro atoms. The van der Waals surface area contributed by atoms with Crippen LogP contribution in [-0.4, -0.2) is 24.3 Å². The van der Waals surface area contributed by atoms with Crippen LogP contribution in [0.5, 0.6) is 0 Å². The molecule has 0 aromatic heterocycles. The van der Waals surface area contributed by atoms with E-state index in [0.717, 1.165) is 53.2 Å². The van der Waals surface area contributed by atoms with E-state index in [-0.39, 0.29) is 17.8 Å². The highest BCUT2D eigenvalue weighted by Gasteiger charge is 2.29. The van der Waals surface area contributed by atoms with Gasteiger partial charge in [-0.25, -0.2) is 0 Å². The third-order valence-electron chi connectivity index (χ3n) is 5.66. The minimum Gasteiger partial charge on any atom is -0.384 e. The molecule has 1 atom stereocenters. The van der Waals surface area contributed by atoms with Gasteiger partial charge in [0.1, 0.15) is 11.9 Å². The molecule has 4 rings (SSSR count). The van der Waals surface area contributed by atoms with Crippen LogP contribution in [0.15, 0.2) is 77.7 Å². The zero-order valence-corrected chi connectivity index (χ0v) is 18.1. The van der Waals surface area contributed by atoms with Crippen LogP contribution in [0.25, 0.3) is 11.1 Å². The molecule has 1 aliphatic rings. The van der Waals surface area contributed by atoms with Gasteiger partial charge in [-0.1, -0.05) is 42.5 Å². The third kappa shape index (κ3) is 4.75. The first-order valence-corrected chi connectivity index (χ1v) is 10.9. The molecule has 0 radical (unpaired) electrons. The molecule has 1 saturated heterocycles. The van der Waals surface area contributed by atoms with Crippen molar-refractivity contribution < 1.29 is 4.79 Å². The standard InChI is InChI=1S/C25H26N4OS/c26-24(27)18-6-5-7-20(16-18)29-15-4-3-9-22(29)25(30)28-19-13-11-17(12-14-19)21-8-1-2-10-23(21)31/h1-2,5-8,10-14,16,22,31H,3-4,9,15H2,(H3,26,27)(H,28,30). The quantitative estimate of drug-likeness (QED) is 0.263. The summed E-state index contributed by atoms with van der Waals surface area (Å²) >= 11 is 4.53. The van der Waals surface area contributed by atoms with Gasteiger partial charge in [0.05, 0.1) is 0 Å². The SMILES string of the molecule is N=C(N)c1cccc(N2CCCCC2C(=O)Nc2ccc(-c3ccccc3S)cc2)c1. The predicted molar refractivity (Wildman–Crippen MR) is 130 cm³/mol. The minimum absolute atomic E-state index is 0.0183. The summed E-state index contributed by atoms with van der Waals surface area (Å²) in [5.41, 5.74) is 10.1. The number of hydrogen-bond acceptors (Lipinski definition) is 4. The summed E-state index contributed by atoms with van der Waals surface area (Å²) < 4.78 is 0. The van der Waals surface area contributed by atoms with Gasteiger partial charge >= 0.3 is 0 Å². The highest BCUT2D eigenvalue weighted by molar-refractivity contribution is 7.80. The van der Waals surface area contributed by atoms with Gasteiger partial charge in [0, 0.05) is 28.4 Å². The molecule has 31 heavy (non-hydrogen) atoms. The molecule has 4 N–H and O–H groups in total. The van der Waals surface area contributed by atoms with Crippen LogP contribution in [-0.2, 0) is 4.79 Å². The fraction of sp³-hybridized carbons (Fsp3) is 0.200. The van der Waals surface area contributed by atoms with E-state index < -0.39 is 0 Å². The topological polar surface area (TPSA) is 82.2 Å². The highest BCUT2D eigenvalue weighted by atomic mass is 32.1. The number of amidine groups is 1. The average Bonchev–Trinajstić information content (AvgIpc) is 2.80. The first-order valence-electron chi connectivity index (χ1n) is 10.4. The number of amides is 1. The van der Waals surface area contributed by atoms with Crippen LogP contribution in [0, 0.1) is 5.41 Å². The molecule has 3 aromatic rings. The number of nitrogens with two attached hydrogens (primary N) is 1. The van der Waals surface area contributed by atoms with E-state index in [2.05, 4.69) is 22.8 Å². The smallest absolute Gasteiger partial charge is 0.247 e. The zero-order chi connectivity index (χ0) is 21.8. The summed E-state index contributed by atoms with van der Waals surface area (Å²) in [7, 11) is 0. The van der Waals surface area contributed by atoms with Crippen LogP contribution >= 0.6 is 12.6 Å². The normalized spacial score (nSPS) is 16.0. The maximum absolute atomic E-state index is 13.1. The van der Waals surface area contributed by atoms with Crippen LogP contribution in [0.2, 0.25) is 0 Å². The van der Waals surface area contributed by atoms with Gasteiger partial charge in [0.25, 0.3) is 0 Å². The van der Waals surface area contributed by atoms with Gasteiger partial charge < -0.3 is 16.0 Å². The molecular formula is C25H26N4OS. The van der Waals surface area contributed by atoms with Crippen molar-refractivity contribution in [3.05, 3.63) is 78.4 Å². The number of carbonyl (C=O) groups excluding carboxylic acids is 1. The second kappa shape index (κ2) is 9.27. The second-order valence-corrected chi connectivity index (χ2v) is 8.23. The molecule has 1 aliphatic heterocycles. The van der Waals surface area contributed by atoms with Crippen molar-refractivity contribution in [3.8, 4) is 11.1 Å². The number of anilines is 2. The number of rotatable bonds is 5. The molecule has 1 heterocycles. The molecular weight excluding hydrogens is 404 g/mol. The lowest BCUT2D eigenvalue weighted by molar-refractivity contribution is -0.117. The monoisotopic (exact) mass is 430 g/mol. The molecule has 158 valence electrons. The maximum Gasteiger partial charge on any atom is 0.247 e. The van der Waals surface area contributed by atoms with E-state index in [1.54, 1.807) is 0 Å². The lowest BCUT2D eigenvalue weighted by Gasteiger charge is -2.36. The third-order valence-corrected chi connectivity index (χ3v) is 6.05. The first-order chi connectivity index (χ1) is 15.0. The molecule has 1 fully saturated rings. The van der Waals surface area contributed by atoms with Gasteiger partial charge in [0.2, 0.25) is 5.91 Å². The zero-order valence-electron chi connectivity index (χ0n) is 17.2. The Balaban J connectivity index is 1.51. The van der Waals surface area contributed by atoms with E-state index in [0.29, 0.717) is 5.56 Å². The summed E-state index contributed by atoms with van der Waals surface area (Å²) in [5.74, 6) is 0.0120. The fourth-order valence-corrected chi connectivity index (χ4v) is 4.33. The van der Waals surface area contributed by atoms with Crippen LogP contribution in [0.4, 0.5) is 11.4 Å². The van der Waals surface area contributed by atoms with Crippen LogP contribution in [0.3, 0.4) is 0 Å². The maximum atomic E-state index is 13.1. The Bertz CT molecular complexity index is 1100. The van der Waals surface area contributed by atoms with E-state index in [1.165, 1.54) is 0 Å². The van der Waals surface area contributed by atoms with Crippen molar-refractivity contribution in [1.29, 1.82) is 5.41 Å². The Labute approximate surface area is 188 Å². The van der Waals surface area contributed by atoms with Crippen molar-refractivity contribution in [2.24, 2.45) is 5.73 Å². The molecule has 5 nitrogen and oxygen atoms in total. The van der Waals surface area contributed by atoms with E-state index >= 15 is 0 Å². The Kier molecular flexibility index (Phi) is 6.28. The van der Waals surface area contributed by atoms with E-state index in [4.69, 9.17) is 11.1 Å². The Morgan fingerprint density at radius 3 is 2.55 bits per heavy atom. The lowest BCUT2D eigenvalue weighted by atomic mass is 9.99. The number of carbonyl (C=O) groups is 1. The number of benzene rings is 3. The van der Waals surface area contributed by atoms with Gasteiger partial charge in [0.15, 0.2) is 0 Å². The number of nitrogen functional groups attached to an aromatic ring is 1. The van der Waals surface area contributed by atoms with Gasteiger partial charge in [-0.3, -0.25) is 10.2 Å². The van der Waals surface area contributed by atoms with Gasteiger partial charge in [-0.2, -0.15) is 0 Å². The highest BCUT2D eigenvalue weighted by Crippen LogP contribution is 2.29. The summed E-state index contributed by atoms with van der Waals surface area (Å²) in [6.45, 7) is 0.803. The number of hydrogen-bond donors (Lipinski definition) is 4. The van der Waals surface area contributed by atoms with Crippen molar-refractivity contribution in [2.45, 2.75) is 30.2 Å². The summed E-state index contributed by atoms with van der Waals surface area (Å²) in [6, 6.07) is 23.1. The minimum atomic E-state index is -0.256. The van der Waals surface area contributed by atoms with E-state index in [9.17, 15) is 4.79 Å². The molecule has 1 unspecified atom stereocenters. The Hall–Kier alpha value is -3.25. The number of nitrogens with one attached hydrogen (secondary N) is 2. The summed E-state index contributed by atoms with van der Waals surface area (Å²) in [4.78, 5) is 16.2. The Morgan fingerprint density at radius 2 is 1.81 bits per heavy atom. The summed E-state index contributed by atoms with van der Waals surface area (Å²) in [5, 5.41) is 10.8. The second-order valence-electron chi connectivity index (χ2n) is 7.75. The number of thiol groups is 1. The molecule has 0 bridgehead atoms. The Morgan fingerprint density at radius 1 is 1.03 bits per heavy atom. The van der Waals surface area contributed by atoms with Crippen molar-refractivity contribution in [2.75, 3.05) is 16.8 Å². The number of piperidine rings is 1. The van der Waals surface area contributed by atoms with E-state index in [1.807, 2.05) is 72.8 Å². The predicted octanol–water partition coefficient (Wildman–Crippen LogP) is 4.92. The lowest BCUT2D eigenvalue weighted by Crippen LogP contribution is -2.47.